The zero-order chi connectivity index (χ0) is 69.7. The van der Waals surface area contributed by atoms with Crippen molar-refractivity contribution in [3.63, 3.8) is 0 Å². The number of unbranched alkanes of at least 4 members (excludes halogenated alkanes) is 2. The highest BCUT2D eigenvalue weighted by Crippen LogP contribution is 2.39. The first-order valence-corrected chi connectivity index (χ1v) is 38.8. The van der Waals surface area contributed by atoms with Crippen molar-refractivity contribution in [3.8, 4) is 0 Å². The van der Waals surface area contributed by atoms with E-state index in [9.17, 15) is 63.3 Å². The molecule has 32 heteroatoms. The Morgan fingerprint density at radius 3 is 1.47 bits per heavy atom. The van der Waals surface area contributed by atoms with Gasteiger partial charge in [-0.15, -0.1) is 0 Å². The molecule has 12 rings (SSSR count). The van der Waals surface area contributed by atoms with Crippen molar-refractivity contribution >= 4 is 164 Å². The van der Waals surface area contributed by atoms with Crippen molar-refractivity contribution in [2.45, 2.75) is 105 Å². The normalized spacial score (nSPS) is 12.9. The summed E-state index contributed by atoms with van der Waals surface area (Å²) < 4.78 is 156. The lowest BCUT2D eigenvalue weighted by molar-refractivity contribution is -0.777. The van der Waals surface area contributed by atoms with Gasteiger partial charge in [-0.3, -0.25) is 9.83 Å². The third kappa shape index (κ3) is 17.7. The number of hydrogen-bond acceptors (Lipinski definition) is 21. The fraction of sp³-hybridized carbons (Fsp3) is 0.385. The van der Waals surface area contributed by atoms with Gasteiger partial charge in [-0.25, -0.2) is 16.8 Å². The Hall–Kier alpha value is -7.09. The number of fused-ring (bicyclic) bond motifs is 12. The third-order valence-electron chi connectivity index (χ3n) is 17.3. The predicted molar refractivity (Wildman–Crippen MR) is 370 cm³/mol. The Kier molecular flexibility index (Phi) is 22.9. The molecule has 27 nitrogen and oxygen atoms in total. The van der Waals surface area contributed by atoms with E-state index in [-0.39, 0.29) is 36.5 Å². The van der Waals surface area contributed by atoms with Gasteiger partial charge in [0.25, 0.3) is 16.6 Å². The van der Waals surface area contributed by atoms with Crippen LogP contribution in [0.1, 0.15) is 75.5 Å². The largest absolute Gasteiger partial charge is 0.748 e. The Bertz CT molecular complexity index is 5060. The van der Waals surface area contributed by atoms with Gasteiger partial charge in [0.15, 0.2) is 19.6 Å². The molecule has 97 heavy (non-hydrogen) atoms. The minimum Gasteiger partial charge on any atom is -0.748 e. The molecule has 12 aromatic rings. The first-order valence-electron chi connectivity index (χ1n) is 31.4. The minimum absolute atomic E-state index is 0.105. The number of para-hydroxylation sites is 2. The zero-order valence-electron chi connectivity index (χ0n) is 54.1. The number of oxazole rings is 3. The van der Waals surface area contributed by atoms with Gasteiger partial charge < -0.3 is 78.6 Å². The van der Waals surface area contributed by atoms with Crippen molar-refractivity contribution in [2.24, 2.45) is 14.1 Å². The first-order chi connectivity index (χ1) is 46.0. The van der Waals surface area contributed by atoms with E-state index in [0.29, 0.717) is 81.5 Å². The molecule has 6 aromatic heterocycles. The molecular formula is C65H79N7O20S5. The Morgan fingerprint density at radius 1 is 0.515 bits per heavy atom. The number of aromatic nitrogens is 6. The van der Waals surface area contributed by atoms with Gasteiger partial charge in [0, 0.05) is 191 Å². The molecule has 524 valence electrons. The van der Waals surface area contributed by atoms with Crippen LogP contribution in [-0.2, 0) is 74.7 Å². The van der Waals surface area contributed by atoms with Crippen molar-refractivity contribution in [2.75, 3.05) is 46.8 Å². The van der Waals surface area contributed by atoms with Crippen LogP contribution in [0.5, 0.6) is 0 Å². The molecule has 0 saturated carbocycles. The van der Waals surface area contributed by atoms with Gasteiger partial charge in [-0.05, 0) is 62.4 Å². The monoisotopic (exact) mass is 1440 g/mol. The van der Waals surface area contributed by atoms with Crippen LogP contribution in [0.25, 0.3) is 98.7 Å². The maximum Gasteiger partial charge on any atom is 0.344 e. The number of anilines is 1. The van der Waals surface area contributed by atoms with E-state index in [1.807, 2.05) is 97.7 Å². The van der Waals surface area contributed by atoms with E-state index in [2.05, 4.69) is 75.0 Å². The highest BCUT2D eigenvalue weighted by molar-refractivity contribution is 8.19. The molecule has 0 atom stereocenters. The van der Waals surface area contributed by atoms with Crippen molar-refractivity contribution < 1.29 is 105 Å². The number of carbonyl (C=O) groups is 1. The smallest absolute Gasteiger partial charge is 0.344 e. The molecule has 6 aromatic carbocycles. The molecule has 7 N–H and O–H groups in total. The quantitative estimate of drug-likeness (QED) is 0.00572. The lowest BCUT2D eigenvalue weighted by Crippen LogP contribution is -2.36. The Balaban J connectivity index is 0.000000163. The van der Waals surface area contributed by atoms with Gasteiger partial charge in [0.2, 0.25) is 16.7 Å². The number of carboxylic acids is 1. The van der Waals surface area contributed by atoms with Crippen LogP contribution in [0.15, 0.2) is 116 Å². The summed E-state index contributed by atoms with van der Waals surface area (Å²) >= 11 is 0.922. The summed E-state index contributed by atoms with van der Waals surface area (Å²) in [4.78, 5) is 12.9. The molecule has 0 amide bonds. The van der Waals surface area contributed by atoms with E-state index in [1.54, 1.807) is 6.92 Å². The van der Waals surface area contributed by atoms with Crippen LogP contribution in [0.3, 0.4) is 0 Å². The second-order valence-electron chi connectivity index (χ2n) is 23.9. The number of aryl methyl sites for hydroxylation is 9. The van der Waals surface area contributed by atoms with E-state index in [0.717, 1.165) is 136 Å². The Morgan fingerprint density at radius 2 is 0.959 bits per heavy atom. The number of hydrogen-bond donors (Lipinski definition) is 7. The van der Waals surface area contributed by atoms with Crippen LogP contribution in [0.4, 0.5) is 5.69 Å². The van der Waals surface area contributed by atoms with Crippen molar-refractivity contribution in [1.29, 1.82) is 0 Å². The summed E-state index contributed by atoms with van der Waals surface area (Å²) in [6, 6.07) is 34.4. The van der Waals surface area contributed by atoms with Gasteiger partial charge in [0.1, 0.15) is 0 Å². The molecule has 0 bridgehead atoms. The average Bonchev–Trinajstić information content (AvgIpc) is 1.61. The van der Waals surface area contributed by atoms with Crippen LogP contribution < -0.4 is 23.9 Å². The second kappa shape index (κ2) is 30.6. The van der Waals surface area contributed by atoms with E-state index in [1.165, 1.54) is 0 Å². The number of nitrogens with zero attached hydrogens (tertiary/aromatic N) is 7. The summed E-state index contributed by atoms with van der Waals surface area (Å²) in [5.74, 6) is 0.823. The van der Waals surface area contributed by atoms with Gasteiger partial charge >= 0.3 is 23.6 Å². The zero-order valence-corrected chi connectivity index (χ0v) is 58.1. The molecule has 0 aliphatic rings. The number of carboxylic acid groups (broad SMARTS) is 1. The maximum absolute atomic E-state index is 10.9. The third-order valence-corrected chi connectivity index (χ3v) is 21.1. The van der Waals surface area contributed by atoms with Crippen molar-refractivity contribution in [1.82, 2.24) is 13.7 Å². The summed E-state index contributed by atoms with van der Waals surface area (Å²) in [6.07, 6.45) is 4.38. The van der Waals surface area contributed by atoms with Gasteiger partial charge in [-0.1, -0.05) is 36.4 Å². The van der Waals surface area contributed by atoms with Gasteiger partial charge in [0.05, 0.1) is 79.3 Å². The molecular weight excluding hydrogens is 1360 g/mol. The predicted octanol–water partition coefficient (Wildman–Crippen LogP) is 11.3. The summed E-state index contributed by atoms with van der Waals surface area (Å²) in [5.41, 5.74) is 12.0. The maximum atomic E-state index is 10.9. The second-order valence-corrected chi connectivity index (χ2v) is 31.1. The molecule has 0 aliphatic heterocycles. The van der Waals surface area contributed by atoms with Crippen LogP contribution in [0, 0.1) is 20.8 Å². The standard InChI is InChI=1S/C27H37N3O9S2.C20H24N2O7S2.C18H18N2O4S/c1-19-30(13-5-3-4-8-27(31)32)25-17-22-21-16-20(9-10-23(21)28(2)24(22)18-26(25)37-19)29(11-6-14-40-39-38-33)12-7-15-41(34,35)36;1-14-21(8-4-10-30(23,24)25)19-12-16-15-6-2-3-7-17(15)22(9-5-11-31(26,27)28)18(16)13-20(19)29-14;1-12-20(8-5-9-25(21,22)23)17-10-14-13-6-3-4-7-15(13)19(2)16(14)11-18(17)24-12/h9-10,16-18H,3-8,11-15H2,1-2H3,(H4-,31,32,33,34,35,36);2-3,6-7,12-13H,4-5,8-11H2,1H3,(H3-,23,24,25,26,27,28);3-4,6-7,10-11H,5,8-9H2,1-2H3. The lowest BCUT2D eigenvalue weighted by Gasteiger charge is -2.27. The molecule has 0 aliphatic carbocycles. The highest BCUT2D eigenvalue weighted by Gasteiger charge is 2.27. The molecule has 0 unspecified atom stereocenters. The molecule has 0 fully saturated rings. The van der Waals surface area contributed by atoms with Crippen LogP contribution >= 0.6 is 33.8 Å². The van der Waals surface area contributed by atoms with E-state index in [4.69, 9.17) is 18.4 Å². The Labute approximate surface area is 565 Å². The molecule has 0 saturated heterocycles. The summed E-state index contributed by atoms with van der Waals surface area (Å²) in [7, 11) is -11.5. The van der Waals surface area contributed by atoms with E-state index >= 15 is 0 Å². The minimum atomic E-state index is -4.27. The molecule has 6 heterocycles. The number of benzene rings is 6. The SMILES string of the molecule is Cc1oc2cc3c(cc2[n+]1CCCCCC(=O)O)c1cc(N(CCCSOO[O-])CCCS(O)(O)O)ccc1n3C.Cc1oc2cc3c(cc2[n+]1CCCS(=O)(=O)[O-])c1ccccc1n3C.Cc1oc2cc3c(cc2[n+]1CCCS(=O)(=O)[O-])c1ccccc1n3CCCS(O)(O)O. The van der Waals surface area contributed by atoms with Crippen LogP contribution in [-0.4, -0.2) is 120 Å². The fourth-order valence-corrected chi connectivity index (χ4v) is 15.2. The average molecular weight is 1440 g/mol. The number of aliphatic carboxylic acids is 1. The van der Waals surface area contributed by atoms with Gasteiger partial charge in [-0.2, -0.15) is 18.0 Å². The number of rotatable bonds is 29. The topological polar surface area (TPSA) is 384 Å². The summed E-state index contributed by atoms with van der Waals surface area (Å²) in [6.45, 7) is 8.65. The van der Waals surface area contributed by atoms with Crippen molar-refractivity contribution in [3.05, 3.63) is 121 Å². The molecule has 0 spiro atoms. The fourth-order valence-electron chi connectivity index (χ4n) is 12.9. The first kappa shape index (κ1) is 72.6. The lowest BCUT2D eigenvalue weighted by atomic mass is 10.1. The summed E-state index contributed by atoms with van der Waals surface area (Å²) in [5, 5.41) is 28.8. The van der Waals surface area contributed by atoms with Crippen LogP contribution in [0.2, 0.25) is 0 Å². The molecule has 0 radical (unpaired) electrons. The van der Waals surface area contributed by atoms with E-state index < -0.39 is 53.7 Å². The highest BCUT2D eigenvalue weighted by atomic mass is 32.3.